The third-order valence-electron chi connectivity index (χ3n) is 4.19. The Morgan fingerprint density at radius 1 is 1.19 bits per heavy atom. The molecule has 0 aromatic carbocycles. The Balaban J connectivity index is 2.34. The lowest BCUT2D eigenvalue weighted by molar-refractivity contribution is -0.124. The van der Waals surface area contributed by atoms with Crippen molar-refractivity contribution >= 4 is 11.6 Å². The molecule has 0 amide bonds. The third-order valence-corrected chi connectivity index (χ3v) is 4.19. The van der Waals surface area contributed by atoms with Crippen molar-refractivity contribution in [3.8, 4) is 0 Å². The van der Waals surface area contributed by atoms with E-state index >= 15 is 0 Å². The summed E-state index contributed by atoms with van der Waals surface area (Å²) in [7, 11) is 0. The Kier molecular flexibility index (Phi) is 8.33. The van der Waals surface area contributed by atoms with Crippen molar-refractivity contribution in [3.05, 3.63) is 12.3 Å². The van der Waals surface area contributed by atoms with Crippen LogP contribution in [0.4, 0.5) is 0 Å². The molecule has 0 aliphatic heterocycles. The maximum absolute atomic E-state index is 12.2. The van der Waals surface area contributed by atoms with Crippen molar-refractivity contribution in [3.63, 3.8) is 0 Å². The number of carbonyl (C=O) groups excluding carboxylic acids is 2. The molecule has 1 fully saturated rings. The van der Waals surface area contributed by atoms with Crippen LogP contribution in [0.25, 0.3) is 0 Å². The zero-order chi connectivity index (χ0) is 15.7. The van der Waals surface area contributed by atoms with E-state index in [2.05, 4.69) is 11.8 Å². The monoisotopic (exact) mass is 293 g/mol. The zero-order valence-corrected chi connectivity index (χ0v) is 13.9. The fourth-order valence-corrected chi connectivity index (χ4v) is 2.88. The van der Waals surface area contributed by atoms with E-state index in [1.54, 1.807) is 6.08 Å². The Labute approximate surface area is 129 Å². The highest BCUT2D eigenvalue weighted by molar-refractivity contribution is 5.89. The summed E-state index contributed by atoms with van der Waals surface area (Å²) in [6.07, 6.45) is 10.6. The van der Waals surface area contributed by atoms with E-state index in [4.69, 9.17) is 0 Å². The second kappa shape index (κ2) is 9.75. The topological polar surface area (TPSA) is 37.4 Å². The van der Waals surface area contributed by atoms with Crippen molar-refractivity contribution in [1.82, 2.24) is 4.90 Å². The number of nitrogens with zero attached hydrogens (tertiary/aromatic N) is 1. The van der Waals surface area contributed by atoms with Crippen LogP contribution in [-0.2, 0) is 9.59 Å². The Morgan fingerprint density at radius 2 is 1.86 bits per heavy atom. The van der Waals surface area contributed by atoms with Gasteiger partial charge in [-0.05, 0) is 31.8 Å². The van der Waals surface area contributed by atoms with Gasteiger partial charge in [0.25, 0.3) is 0 Å². The Morgan fingerprint density at radius 3 is 2.43 bits per heavy atom. The lowest BCUT2D eigenvalue weighted by Gasteiger charge is -2.22. The van der Waals surface area contributed by atoms with Crippen LogP contribution in [0.3, 0.4) is 0 Å². The Hall–Kier alpha value is -1.12. The van der Waals surface area contributed by atoms with Gasteiger partial charge in [-0.15, -0.1) is 0 Å². The van der Waals surface area contributed by atoms with Crippen LogP contribution < -0.4 is 0 Å². The molecule has 1 saturated carbocycles. The van der Waals surface area contributed by atoms with Gasteiger partial charge in [0.15, 0.2) is 5.78 Å². The van der Waals surface area contributed by atoms with Crippen LogP contribution in [0, 0.1) is 11.8 Å². The fourth-order valence-electron chi connectivity index (χ4n) is 2.88. The predicted molar refractivity (Wildman–Crippen MR) is 87.0 cm³/mol. The first-order chi connectivity index (χ1) is 10.0. The number of carbonyl (C=O) groups is 2. The summed E-state index contributed by atoms with van der Waals surface area (Å²) in [5, 5.41) is 0. The lowest BCUT2D eigenvalue weighted by Crippen LogP contribution is -2.25. The molecule has 0 spiro atoms. The Bertz CT molecular complexity index is 354. The summed E-state index contributed by atoms with van der Waals surface area (Å²) < 4.78 is 0. The highest BCUT2D eigenvalue weighted by Crippen LogP contribution is 2.25. The number of ketones is 2. The maximum atomic E-state index is 12.2. The van der Waals surface area contributed by atoms with Gasteiger partial charge in [-0.2, -0.15) is 0 Å². The second-order valence-corrected chi connectivity index (χ2v) is 6.56. The number of allylic oxidation sites excluding steroid dienone is 1. The van der Waals surface area contributed by atoms with E-state index in [1.165, 1.54) is 19.3 Å². The van der Waals surface area contributed by atoms with Crippen molar-refractivity contribution in [2.75, 3.05) is 13.1 Å². The first-order valence-corrected chi connectivity index (χ1v) is 8.50. The molecule has 0 atom stereocenters. The molecule has 1 aliphatic rings. The van der Waals surface area contributed by atoms with Gasteiger partial charge in [-0.25, -0.2) is 0 Å². The van der Waals surface area contributed by atoms with Gasteiger partial charge in [0.1, 0.15) is 5.78 Å². The molecule has 0 aromatic rings. The summed E-state index contributed by atoms with van der Waals surface area (Å²) in [6, 6.07) is 0. The molecule has 0 heterocycles. The second-order valence-electron chi connectivity index (χ2n) is 6.56. The number of Topliss-reactive ketones (excluding diaryl/α,β-unsaturated/α-hetero) is 1. The van der Waals surface area contributed by atoms with Gasteiger partial charge in [-0.3, -0.25) is 9.59 Å². The van der Waals surface area contributed by atoms with Gasteiger partial charge in [0.05, 0.1) is 0 Å². The molecule has 0 unspecified atom stereocenters. The molecule has 0 bridgehead atoms. The molecule has 0 saturated heterocycles. The van der Waals surface area contributed by atoms with Crippen LogP contribution in [0.1, 0.15) is 65.7 Å². The molecular weight excluding hydrogens is 262 g/mol. The van der Waals surface area contributed by atoms with Gasteiger partial charge >= 0.3 is 0 Å². The molecule has 1 rings (SSSR count). The van der Waals surface area contributed by atoms with Gasteiger partial charge < -0.3 is 4.90 Å². The summed E-state index contributed by atoms with van der Waals surface area (Å²) in [5.74, 6) is 1.27. The largest absolute Gasteiger partial charge is 0.377 e. The average molecular weight is 293 g/mol. The highest BCUT2D eigenvalue weighted by atomic mass is 16.1. The molecule has 3 heteroatoms. The maximum Gasteiger partial charge on any atom is 0.157 e. The number of hydrogen-bond donors (Lipinski definition) is 0. The van der Waals surface area contributed by atoms with Crippen molar-refractivity contribution < 1.29 is 9.59 Å². The van der Waals surface area contributed by atoms with Gasteiger partial charge in [0.2, 0.25) is 0 Å². The van der Waals surface area contributed by atoms with Crippen molar-refractivity contribution in [2.24, 2.45) is 11.8 Å². The SMILES string of the molecule is CCN(/C=C/C(=O)CC(C)C)CCC(=O)C1CCCCC1. The molecule has 0 radical (unpaired) electrons. The van der Waals surface area contributed by atoms with Crippen molar-refractivity contribution in [2.45, 2.75) is 65.7 Å². The average Bonchev–Trinajstić information content (AvgIpc) is 2.47. The highest BCUT2D eigenvalue weighted by Gasteiger charge is 2.20. The van der Waals surface area contributed by atoms with E-state index in [0.29, 0.717) is 30.5 Å². The van der Waals surface area contributed by atoms with Crippen LogP contribution in [-0.4, -0.2) is 29.6 Å². The standard InChI is InChI=1S/C18H31NO2/c1-4-19(12-10-17(20)14-15(2)3)13-11-18(21)16-8-6-5-7-9-16/h10,12,15-16H,4-9,11,13-14H2,1-3H3/b12-10+. The van der Waals surface area contributed by atoms with E-state index in [0.717, 1.165) is 25.9 Å². The van der Waals surface area contributed by atoms with Gasteiger partial charge in [-0.1, -0.05) is 33.1 Å². The minimum absolute atomic E-state index is 0.169. The molecule has 120 valence electrons. The summed E-state index contributed by atoms with van der Waals surface area (Å²) >= 11 is 0. The van der Waals surface area contributed by atoms with E-state index in [9.17, 15) is 9.59 Å². The minimum atomic E-state index is 0.169. The quantitative estimate of drug-likeness (QED) is 0.603. The zero-order valence-electron chi connectivity index (χ0n) is 13.9. The van der Waals surface area contributed by atoms with Crippen molar-refractivity contribution in [1.29, 1.82) is 0 Å². The van der Waals surface area contributed by atoms with E-state index in [-0.39, 0.29) is 5.78 Å². The van der Waals surface area contributed by atoms with E-state index in [1.807, 2.05) is 20.0 Å². The van der Waals surface area contributed by atoms with Crippen LogP contribution in [0.2, 0.25) is 0 Å². The molecule has 1 aliphatic carbocycles. The molecular formula is C18H31NO2. The summed E-state index contributed by atoms with van der Waals surface area (Å²) in [4.78, 5) is 25.9. The fraction of sp³-hybridized carbons (Fsp3) is 0.778. The number of hydrogen-bond acceptors (Lipinski definition) is 3. The van der Waals surface area contributed by atoms with E-state index < -0.39 is 0 Å². The minimum Gasteiger partial charge on any atom is -0.377 e. The third kappa shape index (κ3) is 7.45. The predicted octanol–water partition coefficient (Wildman–Crippen LogP) is 3.98. The molecule has 3 nitrogen and oxygen atoms in total. The first kappa shape index (κ1) is 17.9. The van der Waals surface area contributed by atoms with Crippen LogP contribution in [0.15, 0.2) is 12.3 Å². The normalized spacial score (nSPS) is 16.6. The number of rotatable bonds is 9. The first-order valence-electron chi connectivity index (χ1n) is 8.50. The summed E-state index contributed by atoms with van der Waals surface area (Å²) in [6.45, 7) is 7.72. The molecule has 21 heavy (non-hydrogen) atoms. The smallest absolute Gasteiger partial charge is 0.157 e. The summed E-state index contributed by atoms with van der Waals surface area (Å²) in [5.41, 5.74) is 0. The molecule has 0 aromatic heterocycles. The lowest BCUT2D eigenvalue weighted by atomic mass is 9.85. The molecule has 0 N–H and O–H groups in total. The van der Waals surface area contributed by atoms with Crippen LogP contribution >= 0.6 is 0 Å². The van der Waals surface area contributed by atoms with Crippen LogP contribution in [0.5, 0.6) is 0 Å². The van der Waals surface area contributed by atoms with Gasteiger partial charge in [0, 0.05) is 38.0 Å².